The van der Waals surface area contributed by atoms with Crippen molar-refractivity contribution in [3.05, 3.63) is 29.8 Å². The maximum absolute atomic E-state index is 5.25. The molecule has 1 N–H and O–H groups in total. The average molecular weight is 285 g/mol. The summed E-state index contributed by atoms with van der Waals surface area (Å²) in [6, 6.07) is 9.74. The summed E-state index contributed by atoms with van der Waals surface area (Å²) in [5.41, 5.74) is 1.38. The molecule has 0 heterocycles. The summed E-state index contributed by atoms with van der Waals surface area (Å²) in [4.78, 5) is 0. The summed E-state index contributed by atoms with van der Waals surface area (Å²) in [7, 11) is 1.73. The molecule has 2 nitrogen and oxygen atoms in total. The predicted octanol–water partition coefficient (Wildman–Crippen LogP) is 4.17. The second-order valence-corrected chi connectivity index (χ2v) is 7.42. The lowest BCUT2D eigenvalue weighted by Gasteiger charge is -2.34. The number of hydrogen-bond donors (Lipinski definition) is 1. The number of hydrogen-bond acceptors (Lipinski definition) is 2. The Morgan fingerprint density at radius 3 is 2.57 bits per heavy atom. The quantitative estimate of drug-likeness (QED) is 0.896. The van der Waals surface area contributed by atoms with Crippen LogP contribution in [-0.2, 0) is 0 Å². The number of nitrogens with one attached hydrogen (secondary N) is 1. The van der Waals surface area contributed by atoms with Gasteiger partial charge < -0.3 is 10.1 Å². The van der Waals surface area contributed by atoms with Gasteiger partial charge in [-0.3, -0.25) is 0 Å². The summed E-state index contributed by atoms with van der Waals surface area (Å²) in [5.74, 6) is 5.07. The Bertz CT molecular complexity index is 497. The van der Waals surface area contributed by atoms with E-state index < -0.39 is 0 Å². The summed E-state index contributed by atoms with van der Waals surface area (Å²) >= 11 is 0. The van der Waals surface area contributed by atoms with E-state index in [0.29, 0.717) is 6.04 Å². The first-order valence-electron chi connectivity index (χ1n) is 8.66. The van der Waals surface area contributed by atoms with Crippen molar-refractivity contribution < 1.29 is 4.74 Å². The Labute approximate surface area is 128 Å². The van der Waals surface area contributed by atoms with E-state index in [1.54, 1.807) is 7.11 Å². The van der Waals surface area contributed by atoms with Gasteiger partial charge in [-0.2, -0.15) is 0 Å². The van der Waals surface area contributed by atoms with Crippen molar-refractivity contribution in [2.75, 3.05) is 7.11 Å². The second kappa shape index (κ2) is 5.31. The Hall–Kier alpha value is -1.02. The van der Waals surface area contributed by atoms with Crippen molar-refractivity contribution >= 4 is 0 Å². The molecular weight excluding hydrogens is 258 g/mol. The van der Waals surface area contributed by atoms with Crippen LogP contribution < -0.4 is 10.1 Å². The third-order valence-corrected chi connectivity index (χ3v) is 6.51. The summed E-state index contributed by atoms with van der Waals surface area (Å²) in [6.45, 7) is 2.31. The molecule has 0 amide bonds. The van der Waals surface area contributed by atoms with Crippen LogP contribution in [0.1, 0.15) is 50.6 Å². The second-order valence-electron chi connectivity index (χ2n) is 7.42. The first-order valence-corrected chi connectivity index (χ1v) is 8.66. The minimum Gasteiger partial charge on any atom is -0.497 e. The molecule has 2 bridgehead atoms. The van der Waals surface area contributed by atoms with Gasteiger partial charge >= 0.3 is 0 Å². The van der Waals surface area contributed by atoms with Crippen LogP contribution in [-0.4, -0.2) is 13.2 Å². The lowest BCUT2D eigenvalue weighted by atomic mass is 9.79. The molecule has 0 saturated heterocycles. The summed E-state index contributed by atoms with van der Waals surface area (Å²) < 4.78 is 5.25. The standard InChI is InChI=1S/C19H27NO/c1-12(13-6-8-15(21-2)9-7-13)20-19-11-14-10-18(19)17-5-3-4-16(14)17/h6-9,12,14,16-20H,3-5,10-11H2,1-2H3/t12-,14?,16?,17?,18?,19?/m0/s1. The van der Waals surface area contributed by atoms with Crippen LogP contribution in [0.5, 0.6) is 5.75 Å². The van der Waals surface area contributed by atoms with Crippen LogP contribution >= 0.6 is 0 Å². The van der Waals surface area contributed by atoms with Gasteiger partial charge in [0.1, 0.15) is 5.75 Å². The Kier molecular flexibility index (Phi) is 3.45. The Morgan fingerprint density at radius 2 is 1.81 bits per heavy atom. The lowest BCUT2D eigenvalue weighted by Crippen LogP contribution is -2.40. The van der Waals surface area contributed by atoms with E-state index >= 15 is 0 Å². The molecular formula is C19H27NO. The fourth-order valence-corrected chi connectivity index (χ4v) is 5.57. The number of rotatable bonds is 4. The monoisotopic (exact) mass is 285 g/mol. The SMILES string of the molecule is COc1ccc([C@H](C)NC2CC3CC2C2CCCC32)cc1. The van der Waals surface area contributed by atoms with Gasteiger partial charge in [0.25, 0.3) is 0 Å². The van der Waals surface area contributed by atoms with Crippen molar-refractivity contribution in [1.82, 2.24) is 5.32 Å². The number of methoxy groups -OCH3 is 1. The molecule has 2 heteroatoms. The Morgan fingerprint density at radius 1 is 1.05 bits per heavy atom. The van der Waals surface area contributed by atoms with Gasteiger partial charge in [0.2, 0.25) is 0 Å². The maximum atomic E-state index is 5.25. The summed E-state index contributed by atoms with van der Waals surface area (Å²) in [6.07, 6.45) is 7.44. The molecule has 1 aromatic carbocycles. The first kappa shape index (κ1) is 13.6. The molecule has 0 radical (unpaired) electrons. The van der Waals surface area contributed by atoms with Gasteiger partial charge in [-0.15, -0.1) is 0 Å². The van der Waals surface area contributed by atoms with E-state index in [1.807, 2.05) is 0 Å². The van der Waals surface area contributed by atoms with E-state index in [-0.39, 0.29) is 0 Å². The van der Waals surface area contributed by atoms with Crippen LogP contribution in [0.2, 0.25) is 0 Å². The lowest BCUT2D eigenvalue weighted by molar-refractivity contribution is 0.200. The van der Waals surface area contributed by atoms with Gasteiger partial charge in [-0.1, -0.05) is 18.6 Å². The third kappa shape index (κ3) is 2.28. The zero-order valence-electron chi connectivity index (χ0n) is 13.2. The van der Waals surface area contributed by atoms with Crippen LogP contribution in [0.4, 0.5) is 0 Å². The van der Waals surface area contributed by atoms with Gasteiger partial charge in [-0.05, 0) is 74.0 Å². The predicted molar refractivity (Wildman–Crippen MR) is 85.4 cm³/mol. The van der Waals surface area contributed by atoms with Crippen LogP contribution in [0.3, 0.4) is 0 Å². The molecule has 0 spiro atoms. The van der Waals surface area contributed by atoms with Crippen molar-refractivity contribution in [2.45, 2.75) is 51.1 Å². The van der Waals surface area contributed by atoms with E-state index in [4.69, 9.17) is 4.74 Å². The van der Waals surface area contributed by atoms with Crippen molar-refractivity contribution in [2.24, 2.45) is 23.7 Å². The fourth-order valence-electron chi connectivity index (χ4n) is 5.57. The molecule has 4 rings (SSSR count). The topological polar surface area (TPSA) is 21.3 Å². The van der Waals surface area contributed by atoms with Crippen LogP contribution in [0.15, 0.2) is 24.3 Å². The number of benzene rings is 1. The highest BCUT2D eigenvalue weighted by Gasteiger charge is 2.53. The van der Waals surface area contributed by atoms with Gasteiger partial charge in [0.05, 0.1) is 7.11 Å². The molecule has 3 saturated carbocycles. The summed E-state index contributed by atoms with van der Waals surface area (Å²) in [5, 5.41) is 3.94. The van der Waals surface area contributed by atoms with Gasteiger partial charge in [0.15, 0.2) is 0 Å². The first-order chi connectivity index (χ1) is 10.3. The highest BCUT2D eigenvalue weighted by molar-refractivity contribution is 5.29. The van der Waals surface area contributed by atoms with E-state index in [9.17, 15) is 0 Å². The van der Waals surface area contributed by atoms with Crippen molar-refractivity contribution in [3.8, 4) is 5.75 Å². The van der Waals surface area contributed by atoms with Gasteiger partial charge in [0, 0.05) is 12.1 Å². The molecule has 0 aromatic heterocycles. The van der Waals surface area contributed by atoms with Gasteiger partial charge in [-0.25, -0.2) is 0 Å². The smallest absolute Gasteiger partial charge is 0.118 e. The fraction of sp³-hybridized carbons (Fsp3) is 0.684. The maximum Gasteiger partial charge on any atom is 0.118 e. The molecule has 1 aromatic rings. The minimum atomic E-state index is 0.445. The zero-order valence-corrected chi connectivity index (χ0v) is 13.2. The van der Waals surface area contributed by atoms with Crippen molar-refractivity contribution in [1.29, 1.82) is 0 Å². The minimum absolute atomic E-state index is 0.445. The number of fused-ring (bicyclic) bond motifs is 5. The highest BCUT2D eigenvalue weighted by Crippen LogP contribution is 2.58. The molecule has 6 atom stereocenters. The molecule has 21 heavy (non-hydrogen) atoms. The van der Waals surface area contributed by atoms with E-state index in [2.05, 4.69) is 36.5 Å². The zero-order chi connectivity index (χ0) is 14.4. The molecule has 3 aliphatic rings. The molecule has 3 aliphatic carbocycles. The third-order valence-electron chi connectivity index (χ3n) is 6.51. The molecule has 114 valence electrons. The molecule has 0 aliphatic heterocycles. The van der Waals surface area contributed by atoms with E-state index in [1.165, 1.54) is 37.7 Å². The average Bonchev–Trinajstić information content (AvgIpc) is 3.19. The van der Waals surface area contributed by atoms with Crippen LogP contribution in [0, 0.1) is 23.7 Å². The normalized spacial score (nSPS) is 38.5. The van der Waals surface area contributed by atoms with Crippen LogP contribution in [0.25, 0.3) is 0 Å². The highest BCUT2D eigenvalue weighted by atomic mass is 16.5. The van der Waals surface area contributed by atoms with Crippen molar-refractivity contribution in [3.63, 3.8) is 0 Å². The largest absolute Gasteiger partial charge is 0.497 e. The Balaban J connectivity index is 1.42. The van der Waals surface area contributed by atoms with E-state index in [0.717, 1.165) is 35.5 Å². The molecule has 5 unspecified atom stereocenters. The number of ether oxygens (including phenoxy) is 1. The molecule has 3 fully saturated rings.